The molecule has 3 rings (SSSR count). The minimum absolute atomic E-state index is 0.730. The van der Waals surface area contributed by atoms with Gasteiger partial charge in [-0.2, -0.15) is 5.10 Å². The molecule has 1 saturated heterocycles. The molecule has 0 N–H and O–H groups in total. The molecule has 5 nitrogen and oxygen atoms in total. The van der Waals surface area contributed by atoms with E-state index in [-0.39, 0.29) is 0 Å². The summed E-state index contributed by atoms with van der Waals surface area (Å²) in [5.41, 5.74) is 3.04. The number of anilines is 1. The molecule has 3 heterocycles. The number of rotatable bonds is 1. The van der Waals surface area contributed by atoms with Gasteiger partial charge in [-0.3, -0.25) is 4.68 Å². The van der Waals surface area contributed by atoms with E-state index in [0.29, 0.717) is 0 Å². The molecule has 0 aliphatic carbocycles. The Morgan fingerprint density at radius 3 is 2.74 bits per heavy atom. The number of piperidine rings is 1. The van der Waals surface area contributed by atoms with Gasteiger partial charge in [-0.25, -0.2) is 9.97 Å². The van der Waals surface area contributed by atoms with Gasteiger partial charge in [-0.1, -0.05) is 6.92 Å². The SMILES string of the molecule is Cc1nc(N2CCC[C@@H](C)C2)c2c(n1)c(C)nn2C. The van der Waals surface area contributed by atoms with Crippen LogP contribution >= 0.6 is 0 Å². The fraction of sp³-hybridized carbons (Fsp3) is 0.643. The summed E-state index contributed by atoms with van der Waals surface area (Å²) < 4.78 is 1.92. The summed E-state index contributed by atoms with van der Waals surface area (Å²) in [6.45, 7) is 8.45. The minimum Gasteiger partial charge on any atom is -0.354 e. The minimum atomic E-state index is 0.730. The van der Waals surface area contributed by atoms with Gasteiger partial charge in [0.15, 0.2) is 5.82 Å². The lowest BCUT2D eigenvalue weighted by Gasteiger charge is -2.32. The van der Waals surface area contributed by atoms with Crippen molar-refractivity contribution in [1.29, 1.82) is 0 Å². The lowest BCUT2D eigenvalue weighted by Crippen LogP contribution is -2.35. The highest BCUT2D eigenvalue weighted by atomic mass is 15.3. The molecule has 0 unspecified atom stereocenters. The number of aromatic nitrogens is 4. The molecular weight excluding hydrogens is 238 g/mol. The van der Waals surface area contributed by atoms with Crippen LogP contribution in [0.5, 0.6) is 0 Å². The maximum Gasteiger partial charge on any atom is 0.158 e. The molecule has 1 aliphatic heterocycles. The second kappa shape index (κ2) is 4.47. The molecule has 5 heteroatoms. The van der Waals surface area contributed by atoms with Gasteiger partial charge in [0.25, 0.3) is 0 Å². The van der Waals surface area contributed by atoms with E-state index < -0.39 is 0 Å². The topological polar surface area (TPSA) is 46.8 Å². The van der Waals surface area contributed by atoms with E-state index in [1.807, 2.05) is 25.6 Å². The van der Waals surface area contributed by atoms with Crippen LogP contribution in [0.25, 0.3) is 11.0 Å². The highest BCUT2D eigenvalue weighted by Crippen LogP contribution is 2.28. The standard InChI is InChI=1S/C14H21N5/c1-9-6-5-7-19(8-9)14-13-12(15-11(3)16-14)10(2)17-18(13)4/h9H,5-8H2,1-4H3/t9-/m1/s1. The smallest absolute Gasteiger partial charge is 0.158 e. The van der Waals surface area contributed by atoms with E-state index >= 15 is 0 Å². The largest absolute Gasteiger partial charge is 0.354 e. The van der Waals surface area contributed by atoms with Crippen molar-refractivity contribution in [3.8, 4) is 0 Å². The van der Waals surface area contributed by atoms with Crippen molar-refractivity contribution >= 4 is 16.9 Å². The molecule has 1 aliphatic rings. The van der Waals surface area contributed by atoms with Crippen LogP contribution in [-0.4, -0.2) is 32.8 Å². The number of aryl methyl sites for hydroxylation is 3. The molecule has 0 saturated carbocycles. The summed E-state index contributed by atoms with van der Waals surface area (Å²) in [7, 11) is 1.98. The van der Waals surface area contributed by atoms with Gasteiger partial charge >= 0.3 is 0 Å². The fourth-order valence-corrected chi connectivity index (χ4v) is 3.03. The average molecular weight is 259 g/mol. The van der Waals surface area contributed by atoms with Crippen molar-refractivity contribution in [2.45, 2.75) is 33.6 Å². The second-order valence-corrected chi connectivity index (χ2v) is 5.69. The predicted molar refractivity (Wildman–Crippen MR) is 76.4 cm³/mol. The lowest BCUT2D eigenvalue weighted by molar-refractivity contribution is 0.444. The molecule has 0 spiro atoms. The van der Waals surface area contributed by atoms with Gasteiger partial charge < -0.3 is 4.90 Å². The highest BCUT2D eigenvalue weighted by Gasteiger charge is 2.22. The number of nitrogens with zero attached hydrogens (tertiary/aromatic N) is 5. The Morgan fingerprint density at radius 2 is 2.00 bits per heavy atom. The Balaban J connectivity index is 2.16. The molecular formula is C14H21N5. The van der Waals surface area contributed by atoms with Crippen molar-refractivity contribution in [2.24, 2.45) is 13.0 Å². The zero-order valence-corrected chi connectivity index (χ0v) is 12.1. The van der Waals surface area contributed by atoms with Gasteiger partial charge in [0.05, 0.1) is 5.69 Å². The summed E-state index contributed by atoms with van der Waals surface area (Å²) in [4.78, 5) is 11.6. The van der Waals surface area contributed by atoms with Gasteiger partial charge in [-0.15, -0.1) is 0 Å². The van der Waals surface area contributed by atoms with E-state index in [1.165, 1.54) is 12.8 Å². The van der Waals surface area contributed by atoms with Crippen molar-refractivity contribution in [3.05, 3.63) is 11.5 Å². The summed E-state index contributed by atoms with van der Waals surface area (Å²) in [6, 6.07) is 0. The van der Waals surface area contributed by atoms with Crippen LogP contribution in [0.3, 0.4) is 0 Å². The van der Waals surface area contributed by atoms with Gasteiger partial charge in [0.2, 0.25) is 0 Å². The zero-order valence-electron chi connectivity index (χ0n) is 12.1. The van der Waals surface area contributed by atoms with Crippen LogP contribution in [0.1, 0.15) is 31.3 Å². The Labute approximate surface area is 113 Å². The maximum absolute atomic E-state index is 4.69. The maximum atomic E-state index is 4.69. The predicted octanol–water partition coefficient (Wildman–Crippen LogP) is 2.22. The molecule has 0 bridgehead atoms. The van der Waals surface area contributed by atoms with Gasteiger partial charge in [0.1, 0.15) is 16.9 Å². The van der Waals surface area contributed by atoms with Crippen LogP contribution in [0.2, 0.25) is 0 Å². The molecule has 0 aromatic carbocycles. The first-order chi connectivity index (χ1) is 9.06. The van der Waals surface area contributed by atoms with Crippen LogP contribution in [0, 0.1) is 19.8 Å². The number of hydrogen-bond donors (Lipinski definition) is 0. The van der Waals surface area contributed by atoms with Crippen molar-refractivity contribution in [3.63, 3.8) is 0 Å². The number of hydrogen-bond acceptors (Lipinski definition) is 4. The fourth-order valence-electron chi connectivity index (χ4n) is 3.03. The molecule has 0 amide bonds. The van der Waals surface area contributed by atoms with Gasteiger partial charge in [-0.05, 0) is 32.6 Å². The quantitative estimate of drug-likeness (QED) is 0.788. The second-order valence-electron chi connectivity index (χ2n) is 5.69. The molecule has 102 valence electrons. The molecule has 1 atom stereocenters. The van der Waals surface area contributed by atoms with E-state index in [1.54, 1.807) is 0 Å². The molecule has 0 radical (unpaired) electrons. The first-order valence-electron chi connectivity index (χ1n) is 6.99. The lowest BCUT2D eigenvalue weighted by atomic mass is 10.0. The van der Waals surface area contributed by atoms with Crippen molar-refractivity contribution in [2.75, 3.05) is 18.0 Å². The van der Waals surface area contributed by atoms with Crippen molar-refractivity contribution in [1.82, 2.24) is 19.7 Å². The highest BCUT2D eigenvalue weighted by molar-refractivity contribution is 5.88. The van der Waals surface area contributed by atoms with E-state index in [2.05, 4.69) is 26.9 Å². The Kier molecular flexibility index (Phi) is 2.92. The van der Waals surface area contributed by atoms with E-state index in [4.69, 9.17) is 0 Å². The summed E-state index contributed by atoms with van der Waals surface area (Å²) in [6.07, 6.45) is 2.55. The third-order valence-corrected chi connectivity index (χ3v) is 3.90. The van der Waals surface area contributed by atoms with E-state index in [9.17, 15) is 0 Å². The summed E-state index contributed by atoms with van der Waals surface area (Å²) in [5, 5.41) is 4.49. The molecule has 2 aromatic rings. The molecule has 1 fully saturated rings. The normalized spacial score (nSPS) is 20.2. The molecule has 19 heavy (non-hydrogen) atoms. The number of fused-ring (bicyclic) bond motifs is 1. The monoisotopic (exact) mass is 259 g/mol. The Bertz CT molecular complexity index is 616. The van der Waals surface area contributed by atoms with Crippen LogP contribution < -0.4 is 4.90 Å². The first-order valence-corrected chi connectivity index (χ1v) is 6.99. The zero-order chi connectivity index (χ0) is 13.6. The summed E-state index contributed by atoms with van der Waals surface area (Å²) >= 11 is 0. The third kappa shape index (κ3) is 2.07. The van der Waals surface area contributed by atoms with Crippen LogP contribution in [-0.2, 0) is 7.05 Å². The first kappa shape index (κ1) is 12.4. The van der Waals surface area contributed by atoms with Gasteiger partial charge in [0, 0.05) is 20.1 Å². The van der Waals surface area contributed by atoms with Crippen molar-refractivity contribution < 1.29 is 0 Å². The third-order valence-electron chi connectivity index (χ3n) is 3.90. The Morgan fingerprint density at radius 1 is 1.21 bits per heavy atom. The van der Waals surface area contributed by atoms with E-state index in [0.717, 1.165) is 47.4 Å². The summed E-state index contributed by atoms with van der Waals surface area (Å²) in [5.74, 6) is 2.61. The van der Waals surface area contributed by atoms with Crippen LogP contribution in [0.15, 0.2) is 0 Å². The average Bonchev–Trinajstić information content (AvgIpc) is 2.64. The Hall–Kier alpha value is -1.65. The van der Waals surface area contributed by atoms with Crippen LogP contribution in [0.4, 0.5) is 5.82 Å². The molecule has 2 aromatic heterocycles.